The second-order valence-electron chi connectivity index (χ2n) is 2.86. The van der Waals surface area contributed by atoms with E-state index in [1.807, 2.05) is 0 Å². The molecule has 0 aliphatic rings. The molecule has 2 nitrogen and oxygen atoms in total. The number of carbonyl (C=O) groups is 1. The van der Waals surface area contributed by atoms with E-state index in [4.69, 9.17) is 16.7 Å². The number of hydrogen-bond acceptors (Lipinski definition) is 2. The largest absolute Gasteiger partial charge is 0.480 e. The normalized spacial score (nSPS) is 15.0. The lowest BCUT2D eigenvalue weighted by molar-refractivity contribution is -0.139. The minimum absolute atomic E-state index is 0.419. The molecular formula is C9H9ClO2S. The molecule has 1 atom stereocenters. The van der Waals surface area contributed by atoms with Crippen molar-refractivity contribution in [1.29, 1.82) is 0 Å². The van der Waals surface area contributed by atoms with Gasteiger partial charge < -0.3 is 5.11 Å². The third-order valence-corrected chi connectivity index (χ3v) is 2.58. The molecule has 0 saturated heterocycles. The molecule has 0 aliphatic carbocycles. The molecule has 0 bridgehead atoms. The van der Waals surface area contributed by atoms with E-state index in [0.29, 0.717) is 10.6 Å². The van der Waals surface area contributed by atoms with Gasteiger partial charge >= 0.3 is 5.97 Å². The van der Waals surface area contributed by atoms with Gasteiger partial charge in [0, 0.05) is 5.02 Å². The van der Waals surface area contributed by atoms with Gasteiger partial charge in [0.1, 0.15) is 4.75 Å². The van der Waals surface area contributed by atoms with Gasteiger partial charge in [-0.25, -0.2) is 0 Å². The average molecular weight is 217 g/mol. The molecule has 0 saturated carbocycles. The molecule has 0 aliphatic heterocycles. The molecule has 0 fully saturated rings. The fraction of sp³-hybridized carbons (Fsp3) is 0.222. The molecule has 4 heteroatoms. The summed E-state index contributed by atoms with van der Waals surface area (Å²) >= 11 is 9.90. The summed E-state index contributed by atoms with van der Waals surface area (Å²) in [6, 6.07) is 6.79. The van der Waals surface area contributed by atoms with E-state index in [1.165, 1.54) is 6.92 Å². The zero-order chi connectivity index (χ0) is 10.1. The summed E-state index contributed by atoms with van der Waals surface area (Å²) in [7, 11) is 0. The molecule has 1 rings (SSSR count). The number of halogens is 1. The topological polar surface area (TPSA) is 37.3 Å². The number of thiol groups is 1. The van der Waals surface area contributed by atoms with Crippen LogP contribution >= 0.6 is 24.2 Å². The van der Waals surface area contributed by atoms with Gasteiger partial charge in [0.15, 0.2) is 0 Å². The number of carboxylic acids is 1. The first-order valence-corrected chi connectivity index (χ1v) is 4.49. The maximum atomic E-state index is 10.8. The van der Waals surface area contributed by atoms with Crippen LogP contribution in [0.1, 0.15) is 12.5 Å². The van der Waals surface area contributed by atoms with Crippen molar-refractivity contribution in [2.75, 3.05) is 0 Å². The zero-order valence-electron chi connectivity index (χ0n) is 6.99. The highest BCUT2D eigenvalue weighted by molar-refractivity contribution is 7.82. The first-order valence-electron chi connectivity index (χ1n) is 3.67. The van der Waals surface area contributed by atoms with E-state index in [0.717, 1.165) is 0 Å². The number of aliphatic carboxylic acids is 1. The van der Waals surface area contributed by atoms with Crippen molar-refractivity contribution in [3.63, 3.8) is 0 Å². The van der Waals surface area contributed by atoms with Crippen molar-refractivity contribution >= 4 is 30.2 Å². The predicted octanol–water partition coefficient (Wildman–Crippen LogP) is 2.57. The molecule has 13 heavy (non-hydrogen) atoms. The van der Waals surface area contributed by atoms with Crippen LogP contribution in [0, 0.1) is 0 Å². The Bertz CT molecular complexity index is 336. The fourth-order valence-electron chi connectivity index (χ4n) is 0.971. The molecule has 0 amide bonds. The van der Waals surface area contributed by atoms with Gasteiger partial charge in [-0.2, -0.15) is 12.6 Å². The third-order valence-electron chi connectivity index (χ3n) is 1.81. The monoisotopic (exact) mass is 216 g/mol. The zero-order valence-corrected chi connectivity index (χ0v) is 8.64. The van der Waals surface area contributed by atoms with E-state index in [-0.39, 0.29) is 0 Å². The Kier molecular flexibility index (Phi) is 2.88. The first kappa shape index (κ1) is 10.4. The van der Waals surface area contributed by atoms with E-state index < -0.39 is 10.7 Å². The van der Waals surface area contributed by atoms with E-state index >= 15 is 0 Å². The van der Waals surface area contributed by atoms with Gasteiger partial charge in [-0.3, -0.25) is 4.79 Å². The van der Waals surface area contributed by atoms with Crippen LogP contribution in [0.15, 0.2) is 24.3 Å². The quantitative estimate of drug-likeness (QED) is 0.746. The van der Waals surface area contributed by atoms with Gasteiger partial charge in [0.2, 0.25) is 0 Å². The molecular weight excluding hydrogens is 208 g/mol. The van der Waals surface area contributed by atoms with Gasteiger partial charge in [0.25, 0.3) is 0 Å². The van der Waals surface area contributed by atoms with Crippen molar-refractivity contribution in [2.45, 2.75) is 11.7 Å². The van der Waals surface area contributed by atoms with E-state index in [2.05, 4.69) is 12.6 Å². The summed E-state index contributed by atoms with van der Waals surface area (Å²) in [4.78, 5) is 10.8. The Morgan fingerprint density at radius 3 is 2.54 bits per heavy atom. The molecule has 70 valence electrons. The lowest BCUT2D eigenvalue weighted by Crippen LogP contribution is -2.26. The first-order chi connectivity index (χ1) is 5.96. The highest BCUT2D eigenvalue weighted by atomic mass is 35.5. The summed E-state index contributed by atoms with van der Waals surface area (Å²) in [6.45, 7) is 1.50. The average Bonchev–Trinajstić information content (AvgIpc) is 2.04. The summed E-state index contributed by atoms with van der Waals surface area (Å²) in [5.41, 5.74) is 0.507. The molecule has 1 aromatic rings. The number of carboxylic acid groups (broad SMARTS) is 1. The Morgan fingerprint density at radius 2 is 2.08 bits per heavy atom. The molecule has 0 heterocycles. The van der Waals surface area contributed by atoms with E-state index in [9.17, 15) is 4.79 Å². The van der Waals surface area contributed by atoms with Crippen molar-refractivity contribution in [2.24, 2.45) is 0 Å². The van der Waals surface area contributed by atoms with Crippen LogP contribution in [0.5, 0.6) is 0 Å². The van der Waals surface area contributed by atoms with Crippen LogP contribution in [-0.2, 0) is 9.54 Å². The van der Waals surface area contributed by atoms with Crippen molar-refractivity contribution < 1.29 is 9.90 Å². The Labute approximate surface area is 86.9 Å². The van der Waals surface area contributed by atoms with Crippen LogP contribution in [-0.4, -0.2) is 11.1 Å². The Balaban J connectivity index is 3.22. The van der Waals surface area contributed by atoms with Gasteiger partial charge in [0.05, 0.1) is 0 Å². The van der Waals surface area contributed by atoms with Crippen LogP contribution in [0.4, 0.5) is 0 Å². The summed E-state index contributed by atoms with van der Waals surface area (Å²) in [5, 5.41) is 9.30. The molecule has 1 aromatic carbocycles. The van der Waals surface area contributed by atoms with Crippen LogP contribution in [0.25, 0.3) is 0 Å². The Hall–Kier alpha value is -0.670. The highest BCUT2D eigenvalue weighted by Gasteiger charge is 2.32. The maximum Gasteiger partial charge on any atom is 0.323 e. The second kappa shape index (κ2) is 3.60. The third kappa shape index (κ3) is 1.98. The predicted molar refractivity (Wildman–Crippen MR) is 55.4 cm³/mol. The van der Waals surface area contributed by atoms with E-state index in [1.54, 1.807) is 24.3 Å². The number of benzene rings is 1. The number of hydrogen-bond donors (Lipinski definition) is 2. The fourth-order valence-corrected chi connectivity index (χ4v) is 1.56. The van der Waals surface area contributed by atoms with Crippen molar-refractivity contribution in [3.8, 4) is 0 Å². The molecule has 1 N–H and O–H groups in total. The van der Waals surface area contributed by atoms with Crippen molar-refractivity contribution in [1.82, 2.24) is 0 Å². The standard InChI is InChI=1S/C9H9ClO2S/c1-9(13,8(11)12)6-4-2-3-5-7(6)10/h2-5,13H,1H3,(H,11,12). The second-order valence-corrected chi connectivity index (χ2v) is 4.16. The SMILES string of the molecule is CC(S)(C(=O)O)c1ccccc1Cl. The van der Waals surface area contributed by atoms with Crippen LogP contribution < -0.4 is 0 Å². The summed E-state index contributed by atoms with van der Waals surface area (Å²) in [5.74, 6) is -1.01. The van der Waals surface area contributed by atoms with Crippen LogP contribution in [0.3, 0.4) is 0 Å². The van der Waals surface area contributed by atoms with Crippen molar-refractivity contribution in [3.05, 3.63) is 34.9 Å². The lowest BCUT2D eigenvalue weighted by Gasteiger charge is -2.19. The maximum absolute atomic E-state index is 10.8. The lowest BCUT2D eigenvalue weighted by atomic mass is 10.0. The molecule has 0 aromatic heterocycles. The molecule has 0 radical (unpaired) electrons. The van der Waals surface area contributed by atoms with Gasteiger partial charge in [-0.1, -0.05) is 29.8 Å². The highest BCUT2D eigenvalue weighted by Crippen LogP contribution is 2.33. The minimum Gasteiger partial charge on any atom is -0.480 e. The summed E-state index contributed by atoms with van der Waals surface area (Å²) in [6.07, 6.45) is 0. The minimum atomic E-state index is -1.24. The summed E-state index contributed by atoms with van der Waals surface area (Å²) < 4.78 is -1.24. The molecule has 1 unspecified atom stereocenters. The van der Waals surface area contributed by atoms with Crippen LogP contribution in [0.2, 0.25) is 5.02 Å². The Morgan fingerprint density at radius 1 is 1.54 bits per heavy atom. The smallest absolute Gasteiger partial charge is 0.323 e. The van der Waals surface area contributed by atoms with Gasteiger partial charge in [-0.15, -0.1) is 0 Å². The number of rotatable bonds is 2. The molecule has 0 spiro atoms. The van der Waals surface area contributed by atoms with Gasteiger partial charge in [-0.05, 0) is 18.6 Å².